The van der Waals surface area contributed by atoms with Gasteiger partial charge in [-0.2, -0.15) is 4.52 Å². The minimum Gasteiger partial charge on any atom is -0.492 e. The maximum absolute atomic E-state index is 11.5. The van der Waals surface area contributed by atoms with E-state index in [0.29, 0.717) is 15.8 Å². The number of hydrogen-bond acceptors (Lipinski definition) is 5. The molecule has 27 heavy (non-hydrogen) atoms. The van der Waals surface area contributed by atoms with Crippen LogP contribution in [0.15, 0.2) is 24.3 Å². The lowest BCUT2D eigenvalue weighted by Crippen LogP contribution is -3.13. The van der Waals surface area contributed by atoms with E-state index in [1.54, 1.807) is 6.92 Å². The van der Waals surface area contributed by atoms with Crippen LogP contribution in [0.5, 0.6) is 5.88 Å². The molecule has 1 aromatic carbocycles. The zero-order valence-electron chi connectivity index (χ0n) is 14.9. The Labute approximate surface area is 165 Å². The van der Waals surface area contributed by atoms with Gasteiger partial charge in [0.1, 0.15) is 10.7 Å². The fourth-order valence-corrected chi connectivity index (χ4v) is 5.14. The van der Waals surface area contributed by atoms with E-state index in [-0.39, 0.29) is 23.7 Å². The Morgan fingerprint density at radius 1 is 1.37 bits per heavy atom. The lowest BCUT2D eigenvalue weighted by Gasteiger charge is -2.33. The largest absolute Gasteiger partial charge is 0.492 e. The molecule has 1 aliphatic rings. The van der Waals surface area contributed by atoms with Crippen LogP contribution in [0.2, 0.25) is 5.02 Å². The third-order valence-corrected chi connectivity index (χ3v) is 6.55. The lowest BCUT2D eigenvalue weighted by molar-refractivity contribution is -0.930. The first-order valence-corrected chi connectivity index (χ1v) is 10.1. The summed E-state index contributed by atoms with van der Waals surface area (Å²) in [6.45, 7) is 3.40. The average Bonchev–Trinajstić information content (AvgIpc) is 3.15. The van der Waals surface area contributed by atoms with E-state index in [4.69, 9.17) is 17.3 Å². The Bertz CT molecular complexity index is 976. The van der Waals surface area contributed by atoms with Gasteiger partial charge in [-0.15, -0.1) is 5.10 Å². The van der Waals surface area contributed by atoms with Crippen LogP contribution in [0.25, 0.3) is 4.96 Å². The Hall–Kier alpha value is -2.16. The van der Waals surface area contributed by atoms with Gasteiger partial charge in [-0.25, -0.2) is 4.98 Å². The second-order valence-electron chi connectivity index (χ2n) is 6.96. The fourth-order valence-electron chi connectivity index (χ4n) is 3.83. The van der Waals surface area contributed by atoms with E-state index in [9.17, 15) is 9.90 Å². The van der Waals surface area contributed by atoms with Crippen molar-refractivity contribution in [1.82, 2.24) is 14.6 Å². The summed E-state index contributed by atoms with van der Waals surface area (Å²) >= 11 is 7.52. The van der Waals surface area contributed by atoms with E-state index in [2.05, 4.69) is 10.1 Å². The number of piperidine rings is 1. The number of primary amides is 1. The van der Waals surface area contributed by atoms with Gasteiger partial charge in [-0.1, -0.05) is 35.1 Å². The molecular weight excluding hydrogens is 386 g/mol. The van der Waals surface area contributed by atoms with Crippen LogP contribution in [0.3, 0.4) is 0 Å². The molecule has 142 valence electrons. The van der Waals surface area contributed by atoms with Gasteiger partial charge < -0.3 is 15.7 Å². The second-order valence-corrected chi connectivity index (χ2v) is 8.41. The maximum Gasteiger partial charge on any atom is 0.235 e. The van der Waals surface area contributed by atoms with Crippen LogP contribution in [-0.4, -0.2) is 38.7 Å². The van der Waals surface area contributed by atoms with Crippen molar-refractivity contribution in [2.45, 2.75) is 25.8 Å². The number of rotatable bonds is 4. The molecular formula is C18H21ClN5O2S+. The molecule has 0 saturated carbocycles. The molecule has 3 heterocycles. The Morgan fingerprint density at radius 2 is 2.04 bits per heavy atom. The lowest BCUT2D eigenvalue weighted by atomic mass is 9.93. The van der Waals surface area contributed by atoms with Crippen LogP contribution >= 0.6 is 22.9 Å². The number of nitrogens with zero attached hydrogens (tertiary/aromatic N) is 3. The number of fused-ring (bicyclic) bond motifs is 1. The highest BCUT2D eigenvalue weighted by Gasteiger charge is 2.36. The zero-order chi connectivity index (χ0) is 19.1. The van der Waals surface area contributed by atoms with Gasteiger partial charge >= 0.3 is 0 Å². The molecule has 4 rings (SSSR count). The summed E-state index contributed by atoms with van der Waals surface area (Å²) < 4.78 is 1.49. The first kappa shape index (κ1) is 18.2. The van der Waals surface area contributed by atoms with Gasteiger partial charge in [-0.3, -0.25) is 4.79 Å². The highest BCUT2D eigenvalue weighted by molar-refractivity contribution is 7.17. The van der Waals surface area contributed by atoms with Gasteiger partial charge in [-0.05, 0) is 19.1 Å². The summed E-state index contributed by atoms with van der Waals surface area (Å²) in [4.78, 5) is 18.7. The standard InChI is InChI=1S/C18H20ClN5O2S/c1-10-21-18-24(22-10)17(26)15(27-18)14(11-2-4-13(19)5-3-11)23-8-6-12(7-9-23)16(20)25/h2-5,12,14,26H,6-9H2,1H3,(H2,20,25)/p+1/t14-/m0/s1. The summed E-state index contributed by atoms with van der Waals surface area (Å²) in [5, 5.41) is 15.8. The van der Waals surface area contributed by atoms with Crippen molar-refractivity contribution in [2.24, 2.45) is 11.7 Å². The molecule has 1 saturated heterocycles. The van der Waals surface area contributed by atoms with Gasteiger partial charge in [0.25, 0.3) is 0 Å². The molecule has 0 aliphatic carbocycles. The number of halogens is 1. The number of aromatic nitrogens is 3. The van der Waals surface area contributed by atoms with Crippen LogP contribution < -0.4 is 10.6 Å². The molecule has 4 N–H and O–H groups in total. The van der Waals surface area contributed by atoms with E-state index >= 15 is 0 Å². The van der Waals surface area contributed by atoms with Crippen molar-refractivity contribution in [2.75, 3.05) is 13.1 Å². The van der Waals surface area contributed by atoms with E-state index < -0.39 is 0 Å². The summed E-state index contributed by atoms with van der Waals surface area (Å²) in [5.74, 6) is 0.452. The summed E-state index contributed by atoms with van der Waals surface area (Å²) in [5.41, 5.74) is 6.54. The Balaban J connectivity index is 1.74. The molecule has 0 radical (unpaired) electrons. The van der Waals surface area contributed by atoms with Crippen molar-refractivity contribution >= 4 is 33.8 Å². The van der Waals surface area contributed by atoms with Gasteiger partial charge in [0, 0.05) is 29.3 Å². The van der Waals surface area contributed by atoms with Gasteiger partial charge in [0.15, 0.2) is 6.04 Å². The van der Waals surface area contributed by atoms with Crippen molar-refractivity contribution in [1.29, 1.82) is 0 Å². The van der Waals surface area contributed by atoms with E-state index in [0.717, 1.165) is 36.4 Å². The second kappa shape index (κ2) is 7.10. The molecule has 0 unspecified atom stereocenters. The van der Waals surface area contributed by atoms with Crippen LogP contribution in [-0.2, 0) is 4.79 Å². The highest BCUT2D eigenvalue weighted by atomic mass is 35.5. The number of aromatic hydroxyl groups is 1. The number of nitrogens with two attached hydrogens (primary N) is 1. The highest BCUT2D eigenvalue weighted by Crippen LogP contribution is 2.35. The number of likely N-dealkylation sites (tertiary alicyclic amines) is 1. The molecule has 1 atom stereocenters. The number of quaternary nitrogens is 1. The molecule has 0 spiro atoms. The fraction of sp³-hybridized carbons (Fsp3) is 0.389. The van der Waals surface area contributed by atoms with Gasteiger partial charge in [0.05, 0.1) is 13.1 Å². The summed E-state index contributed by atoms with van der Waals surface area (Å²) in [6.07, 6.45) is 1.49. The number of aryl methyl sites for hydroxylation is 1. The predicted molar refractivity (Wildman–Crippen MR) is 103 cm³/mol. The third kappa shape index (κ3) is 3.40. The van der Waals surface area contributed by atoms with Crippen molar-refractivity contribution < 1.29 is 14.8 Å². The number of thiazole rings is 1. The first-order chi connectivity index (χ1) is 12.9. The first-order valence-electron chi connectivity index (χ1n) is 8.88. The number of carbonyl (C=O) groups is 1. The third-order valence-electron chi connectivity index (χ3n) is 5.21. The van der Waals surface area contributed by atoms with Crippen molar-refractivity contribution in [3.05, 3.63) is 45.6 Å². The monoisotopic (exact) mass is 406 g/mol. The Morgan fingerprint density at radius 3 is 2.63 bits per heavy atom. The smallest absolute Gasteiger partial charge is 0.235 e. The van der Waals surface area contributed by atoms with E-state index in [1.165, 1.54) is 20.8 Å². The normalized spacial score (nSPS) is 21.4. The van der Waals surface area contributed by atoms with Crippen molar-refractivity contribution in [3.63, 3.8) is 0 Å². The zero-order valence-corrected chi connectivity index (χ0v) is 16.4. The van der Waals surface area contributed by atoms with Crippen LogP contribution in [0, 0.1) is 12.8 Å². The molecule has 2 aromatic heterocycles. The van der Waals surface area contributed by atoms with Crippen LogP contribution in [0.4, 0.5) is 0 Å². The molecule has 1 aliphatic heterocycles. The molecule has 1 fully saturated rings. The number of amides is 1. The minimum absolute atomic E-state index is 0.0711. The quantitative estimate of drug-likeness (QED) is 0.608. The van der Waals surface area contributed by atoms with Gasteiger partial charge in [0.2, 0.25) is 16.7 Å². The summed E-state index contributed by atoms with van der Waals surface area (Å²) in [6, 6.07) is 7.61. The minimum atomic E-state index is -0.228. The predicted octanol–water partition coefficient (Wildman–Crippen LogP) is 1.33. The average molecular weight is 407 g/mol. The number of nitrogens with one attached hydrogen (secondary N) is 1. The van der Waals surface area contributed by atoms with Crippen LogP contribution in [0.1, 0.15) is 35.1 Å². The molecule has 1 amide bonds. The molecule has 0 bridgehead atoms. The molecule has 3 aromatic rings. The van der Waals surface area contributed by atoms with E-state index in [1.807, 2.05) is 24.3 Å². The number of benzene rings is 1. The molecule has 7 nitrogen and oxygen atoms in total. The topological polar surface area (TPSA) is 98.0 Å². The maximum atomic E-state index is 11.5. The molecule has 9 heteroatoms. The Kier molecular flexibility index (Phi) is 4.79. The number of carbonyl (C=O) groups excluding carboxylic acids is 1. The number of hydrogen-bond donors (Lipinski definition) is 3. The van der Waals surface area contributed by atoms with Crippen molar-refractivity contribution in [3.8, 4) is 5.88 Å². The SMILES string of the molecule is Cc1nc2sc([C@H](c3ccc(Cl)cc3)[NH+]3CCC(C(N)=O)CC3)c(O)n2n1. The summed E-state index contributed by atoms with van der Waals surface area (Å²) in [7, 11) is 0.